The molecule has 1 aliphatic rings. The van der Waals surface area contributed by atoms with E-state index >= 15 is 0 Å². The third-order valence-electron chi connectivity index (χ3n) is 4.26. The Morgan fingerprint density at radius 3 is 2.81 bits per heavy atom. The van der Waals surface area contributed by atoms with Crippen molar-refractivity contribution < 1.29 is 9.53 Å². The van der Waals surface area contributed by atoms with Crippen molar-refractivity contribution in [2.45, 2.75) is 45.2 Å². The van der Waals surface area contributed by atoms with E-state index in [4.69, 9.17) is 10.5 Å². The lowest BCUT2D eigenvalue weighted by Crippen LogP contribution is -2.32. The summed E-state index contributed by atoms with van der Waals surface area (Å²) in [6.07, 6.45) is 3.84. The monoisotopic (exact) mass is 290 g/mol. The summed E-state index contributed by atoms with van der Waals surface area (Å²) in [7, 11) is 1.85. The number of nitrogens with two attached hydrogens (primary N) is 1. The zero-order valence-corrected chi connectivity index (χ0v) is 13.0. The molecule has 1 aromatic carbocycles. The Balaban J connectivity index is 1.94. The summed E-state index contributed by atoms with van der Waals surface area (Å²) in [5.74, 6) is 1.38. The lowest BCUT2D eigenvalue weighted by atomic mass is 9.99. The lowest BCUT2D eigenvalue weighted by Gasteiger charge is -2.22. The molecule has 1 aromatic rings. The largest absolute Gasteiger partial charge is 0.494 e. The first-order valence-corrected chi connectivity index (χ1v) is 7.82. The van der Waals surface area contributed by atoms with Gasteiger partial charge in [0.25, 0.3) is 0 Å². The summed E-state index contributed by atoms with van der Waals surface area (Å²) in [5.41, 5.74) is 7.10. The minimum atomic E-state index is 0.170. The van der Waals surface area contributed by atoms with Crippen LogP contribution in [0.3, 0.4) is 0 Å². The first-order valence-electron chi connectivity index (χ1n) is 7.82. The molecular weight excluding hydrogens is 264 g/mol. The molecule has 0 bridgehead atoms. The second-order valence-electron chi connectivity index (χ2n) is 5.85. The van der Waals surface area contributed by atoms with E-state index in [0.29, 0.717) is 25.5 Å². The van der Waals surface area contributed by atoms with Crippen LogP contribution in [0.1, 0.15) is 38.2 Å². The fraction of sp³-hybridized carbons (Fsp3) is 0.588. The molecule has 1 fully saturated rings. The molecule has 4 heteroatoms. The van der Waals surface area contributed by atoms with Gasteiger partial charge in [0.1, 0.15) is 5.75 Å². The molecule has 116 valence electrons. The zero-order chi connectivity index (χ0) is 15.2. The number of carbonyl (C=O) groups is 1. The first-order chi connectivity index (χ1) is 10.1. The van der Waals surface area contributed by atoms with E-state index < -0.39 is 0 Å². The zero-order valence-electron chi connectivity index (χ0n) is 13.0. The summed E-state index contributed by atoms with van der Waals surface area (Å²) < 4.78 is 5.61. The van der Waals surface area contributed by atoms with E-state index in [1.807, 2.05) is 38.2 Å². The Hall–Kier alpha value is -1.55. The molecule has 0 saturated heterocycles. The van der Waals surface area contributed by atoms with Crippen LogP contribution in [0.4, 0.5) is 0 Å². The first kappa shape index (κ1) is 15.8. The second-order valence-corrected chi connectivity index (χ2v) is 5.85. The van der Waals surface area contributed by atoms with Crippen LogP contribution < -0.4 is 10.5 Å². The maximum Gasteiger partial charge on any atom is 0.222 e. The van der Waals surface area contributed by atoms with Gasteiger partial charge in [-0.05, 0) is 31.7 Å². The molecule has 0 radical (unpaired) electrons. The van der Waals surface area contributed by atoms with Gasteiger partial charge in [-0.3, -0.25) is 4.79 Å². The highest BCUT2D eigenvalue weighted by Gasteiger charge is 2.27. The van der Waals surface area contributed by atoms with E-state index in [1.54, 1.807) is 4.90 Å². The second kappa shape index (κ2) is 7.46. The molecule has 0 aliphatic heterocycles. The fourth-order valence-corrected chi connectivity index (χ4v) is 2.97. The van der Waals surface area contributed by atoms with Gasteiger partial charge in [0.2, 0.25) is 5.91 Å². The van der Waals surface area contributed by atoms with Gasteiger partial charge in [0, 0.05) is 31.6 Å². The SMILES string of the molecule is CCOc1ccccc1CN(C)C(=O)C[C@@H]1CCC[C@H]1N. The molecule has 1 amide bonds. The average molecular weight is 290 g/mol. The third-order valence-corrected chi connectivity index (χ3v) is 4.26. The minimum absolute atomic E-state index is 0.170. The van der Waals surface area contributed by atoms with Gasteiger partial charge in [-0.25, -0.2) is 0 Å². The highest BCUT2D eigenvalue weighted by atomic mass is 16.5. The van der Waals surface area contributed by atoms with Crippen molar-refractivity contribution in [2.75, 3.05) is 13.7 Å². The summed E-state index contributed by atoms with van der Waals surface area (Å²) in [6, 6.07) is 8.08. The maximum atomic E-state index is 12.3. The molecular formula is C17H26N2O2. The van der Waals surface area contributed by atoms with Crippen molar-refractivity contribution in [3.63, 3.8) is 0 Å². The number of benzene rings is 1. The van der Waals surface area contributed by atoms with Gasteiger partial charge in [-0.2, -0.15) is 0 Å². The van der Waals surface area contributed by atoms with Crippen LogP contribution in [-0.4, -0.2) is 30.5 Å². The van der Waals surface area contributed by atoms with E-state index in [9.17, 15) is 4.79 Å². The van der Waals surface area contributed by atoms with Gasteiger partial charge < -0.3 is 15.4 Å². The Bertz CT molecular complexity index is 476. The van der Waals surface area contributed by atoms with E-state index in [-0.39, 0.29) is 11.9 Å². The van der Waals surface area contributed by atoms with Gasteiger partial charge in [-0.1, -0.05) is 24.6 Å². The number of nitrogens with zero attached hydrogens (tertiary/aromatic N) is 1. The van der Waals surface area contributed by atoms with Gasteiger partial charge >= 0.3 is 0 Å². The number of hydrogen-bond donors (Lipinski definition) is 1. The Morgan fingerprint density at radius 2 is 2.14 bits per heavy atom. The van der Waals surface area contributed by atoms with Crippen molar-refractivity contribution in [3.05, 3.63) is 29.8 Å². The van der Waals surface area contributed by atoms with Crippen LogP contribution in [0.25, 0.3) is 0 Å². The summed E-state index contributed by atoms with van der Waals surface area (Å²) >= 11 is 0. The molecule has 4 nitrogen and oxygen atoms in total. The van der Waals surface area contributed by atoms with Crippen LogP contribution in [0, 0.1) is 5.92 Å². The Kier molecular flexibility index (Phi) is 5.62. The predicted octanol–water partition coefficient (Wildman–Crippen LogP) is 2.56. The predicted molar refractivity (Wildman–Crippen MR) is 84.0 cm³/mol. The molecule has 2 rings (SSSR count). The summed E-state index contributed by atoms with van der Waals surface area (Å²) in [6.45, 7) is 3.18. The summed E-state index contributed by atoms with van der Waals surface area (Å²) in [4.78, 5) is 14.1. The number of rotatable bonds is 6. The van der Waals surface area contributed by atoms with Gasteiger partial charge in [-0.15, -0.1) is 0 Å². The minimum Gasteiger partial charge on any atom is -0.494 e. The quantitative estimate of drug-likeness (QED) is 0.876. The maximum absolute atomic E-state index is 12.3. The van der Waals surface area contributed by atoms with Crippen LogP contribution in [0.2, 0.25) is 0 Å². The van der Waals surface area contributed by atoms with Crippen LogP contribution in [-0.2, 0) is 11.3 Å². The van der Waals surface area contributed by atoms with Crippen LogP contribution >= 0.6 is 0 Å². The number of amides is 1. The average Bonchev–Trinajstić information content (AvgIpc) is 2.86. The van der Waals surface area contributed by atoms with Crippen molar-refractivity contribution in [1.29, 1.82) is 0 Å². The normalized spacial score (nSPS) is 21.3. The van der Waals surface area contributed by atoms with Crippen molar-refractivity contribution >= 4 is 5.91 Å². The molecule has 0 heterocycles. The number of hydrogen-bond acceptors (Lipinski definition) is 3. The molecule has 1 aliphatic carbocycles. The number of para-hydroxylation sites is 1. The molecule has 21 heavy (non-hydrogen) atoms. The molecule has 0 aromatic heterocycles. The van der Waals surface area contributed by atoms with Crippen LogP contribution in [0.15, 0.2) is 24.3 Å². The van der Waals surface area contributed by atoms with Gasteiger partial charge in [0.15, 0.2) is 0 Å². The Morgan fingerprint density at radius 1 is 1.38 bits per heavy atom. The Labute approximate surface area is 127 Å². The van der Waals surface area contributed by atoms with Gasteiger partial charge in [0.05, 0.1) is 6.61 Å². The lowest BCUT2D eigenvalue weighted by molar-refractivity contribution is -0.131. The van der Waals surface area contributed by atoms with E-state index in [1.165, 1.54) is 0 Å². The third kappa shape index (κ3) is 4.21. The molecule has 2 atom stereocenters. The highest BCUT2D eigenvalue weighted by molar-refractivity contribution is 5.76. The number of ether oxygens (including phenoxy) is 1. The smallest absolute Gasteiger partial charge is 0.222 e. The van der Waals surface area contributed by atoms with Crippen LogP contribution in [0.5, 0.6) is 5.75 Å². The standard InChI is InChI=1S/C17H26N2O2/c1-3-21-16-10-5-4-7-14(16)12-19(2)17(20)11-13-8-6-9-15(13)18/h4-5,7,10,13,15H,3,6,8-9,11-12,18H2,1-2H3/t13-,15+/m0/s1. The molecule has 1 saturated carbocycles. The topological polar surface area (TPSA) is 55.6 Å². The molecule has 2 N–H and O–H groups in total. The number of carbonyl (C=O) groups excluding carboxylic acids is 1. The fourth-order valence-electron chi connectivity index (χ4n) is 2.97. The van der Waals surface area contributed by atoms with Crippen molar-refractivity contribution in [2.24, 2.45) is 11.7 Å². The molecule has 0 unspecified atom stereocenters. The summed E-state index contributed by atoms with van der Waals surface area (Å²) in [5, 5.41) is 0. The van der Waals surface area contributed by atoms with E-state index in [0.717, 1.165) is 30.6 Å². The van der Waals surface area contributed by atoms with E-state index in [2.05, 4.69) is 0 Å². The van der Waals surface area contributed by atoms with Crippen molar-refractivity contribution in [1.82, 2.24) is 4.90 Å². The molecule has 0 spiro atoms. The van der Waals surface area contributed by atoms with Crippen molar-refractivity contribution in [3.8, 4) is 5.75 Å². The highest BCUT2D eigenvalue weighted by Crippen LogP contribution is 2.28.